The number of nitrogens with zero attached hydrogens (tertiary/aromatic N) is 3. The molecular weight excluding hydrogens is 803 g/mol. The molecule has 0 aliphatic rings. The Balaban J connectivity index is -0.000000620. The van der Waals surface area contributed by atoms with Crippen LogP contribution >= 0.6 is 0 Å². The Kier molecular flexibility index (Phi) is 27.1. The molecule has 0 radical (unpaired) electrons. The second-order valence-electron chi connectivity index (χ2n) is 10.4. The second-order valence-corrected chi connectivity index (χ2v) is 10.4. The van der Waals surface area contributed by atoms with Crippen LogP contribution in [0.25, 0.3) is 0 Å². The number of nitrogens with two attached hydrogens (primary N) is 1. The molecule has 3 unspecified atom stereocenters. The number of non-ortho nitro benzene ring substituents is 3. The molecule has 4 aromatic rings. The Morgan fingerprint density at radius 2 is 1.02 bits per heavy atom. The van der Waals surface area contributed by atoms with E-state index in [4.69, 9.17) is 30.9 Å². The van der Waals surface area contributed by atoms with Crippen molar-refractivity contribution in [3.8, 4) is 5.75 Å². The molecule has 0 amide bonds. The van der Waals surface area contributed by atoms with Crippen molar-refractivity contribution in [2.24, 2.45) is 0 Å². The number of aliphatic hydroxyl groups is 2. The summed E-state index contributed by atoms with van der Waals surface area (Å²) in [4.78, 5) is 50.6. The summed E-state index contributed by atoms with van der Waals surface area (Å²) in [5.41, 5.74) is 7.80. The number of nitro benzene ring substituents is 3. The summed E-state index contributed by atoms with van der Waals surface area (Å²) >= 11 is 0. The SMILES string of the molecule is CC(C(=O)O)c1cccc(N)c1.CC(C(=O)O)c1cccc([N+](=O)[O-])c1.CC(O)c1cccc([N+](=O)[O-])c1.CCO.COc1cccc([N+](=O)[O-])c1.[CH3-].[Pd]. The quantitative estimate of drug-likeness (QED) is 0.0375. The maximum atomic E-state index is 10.6. The number of carboxylic acid groups (broad SMARTS) is 2. The van der Waals surface area contributed by atoms with Crippen molar-refractivity contribution in [3.05, 3.63) is 152 Å². The molecule has 298 valence electrons. The Hall–Kier alpha value is -5.80. The number of nitro groups is 3. The number of benzene rings is 4. The van der Waals surface area contributed by atoms with Gasteiger partial charge in [-0.05, 0) is 62.6 Å². The zero-order valence-corrected chi connectivity index (χ0v) is 31.9. The van der Waals surface area contributed by atoms with Gasteiger partial charge in [0.05, 0.1) is 45.9 Å². The van der Waals surface area contributed by atoms with Gasteiger partial charge in [-0.15, -0.1) is 0 Å². The molecule has 0 heterocycles. The fourth-order valence-electron chi connectivity index (χ4n) is 3.64. The molecule has 54 heavy (non-hydrogen) atoms. The summed E-state index contributed by atoms with van der Waals surface area (Å²) in [6.07, 6.45) is -0.662. The van der Waals surface area contributed by atoms with Crippen molar-refractivity contribution >= 4 is 34.7 Å². The van der Waals surface area contributed by atoms with Gasteiger partial charge in [0.25, 0.3) is 17.1 Å². The molecule has 0 saturated heterocycles. The standard InChI is InChI=1S/C9H9NO4.C9H11NO2.C8H9NO3.C7H7NO3.C2H6O.CH3.Pd/c1-6(9(11)12)7-3-2-4-8(5-7)10(13)14;1-6(9(11)12)7-3-2-4-8(10)5-7;1-6(10)7-3-2-4-8(5-7)9(11)12;1-11-7-4-2-3-6(5-7)8(9)10;1-2-3;;/h2-6H,1H3,(H,11,12);2-6H,10H2,1H3,(H,11,12);2-6,10H,1H3;2-5H,1H3;3H,2H2,1H3;1H3;/q;;;;;-1;. The van der Waals surface area contributed by atoms with Gasteiger partial charge in [-0.1, -0.05) is 42.5 Å². The molecule has 0 bridgehead atoms. The second kappa shape index (κ2) is 27.8. The molecule has 17 nitrogen and oxygen atoms in total. The number of anilines is 1. The van der Waals surface area contributed by atoms with Crippen molar-refractivity contribution in [1.29, 1.82) is 0 Å². The van der Waals surface area contributed by atoms with Crippen molar-refractivity contribution in [2.75, 3.05) is 19.5 Å². The number of methoxy groups -OCH3 is 1. The van der Waals surface area contributed by atoms with Gasteiger partial charge < -0.3 is 38.3 Å². The van der Waals surface area contributed by atoms with Gasteiger partial charge in [0.2, 0.25) is 0 Å². The molecule has 0 aromatic heterocycles. The van der Waals surface area contributed by atoms with Crippen LogP contribution in [0, 0.1) is 37.8 Å². The van der Waals surface area contributed by atoms with Crippen LogP contribution in [0.3, 0.4) is 0 Å². The molecule has 18 heteroatoms. The number of nitrogen functional groups attached to an aromatic ring is 1. The summed E-state index contributed by atoms with van der Waals surface area (Å²) < 4.78 is 4.80. The van der Waals surface area contributed by atoms with E-state index in [0.29, 0.717) is 22.6 Å². The van der Waals surface area contributed by atoms with Crippen LogP contribution in [-0.4, -0.2) is 60.9 Å². The van der Waals surface area contributed by atoms with Crippen molar-refractivity contribution < 1.29 is 69.9 Å². The Labute approximate surface area is 326 Å². The molecule has 4 aromatic carbocycles. The normalized spacial score (nSPS) is 10.9. The molecule has 3 atom stereocenters. The van der Waals surface area contributed by atoms with Crippen molar-refractivity contribution in [3.63, 3.8) is 0 Å². The summed E-state index contributed by atoms with van der Waals surface area (Å²) in [6, 6.07) is 24.6. The number of hydrogen-bond acceptors (Lipinski definition) is 12. The molecule has 0 spiro atoms. The van der Waals surface area contributed by atoms with Crippen LogP contribution in [0.2, 0.25) is 0 Å². The number of aliphatic hydroxyl groups excluding tert-OH is 2. The number of carbonyl (C=O) groups is 2. The number of ether oxygens (including phenoxy) is 1. The monoisotopic (exact) mass is 847 g/mol. The summed E-state index contributed by atoms with van der Waals surface area (Å²) in [7, 11) is 1.47. The average Bonchev–Trinajstić information content (AvgIpc) is 3.12. The first-order valence-electron chi connectivity index (χ1n) is 15.3. The number of aliphatic carboxylic acids is 2. The summed E-state index contributed by atoms with van der Waals surface area (Å²) in [6.45, 7) is 6.62. The predicted octanol–water partition coefficient (Wildman–Crippen LogP) is 6.94. The zero-order chi connectivity index (χ0) is 40.0. The maximum absolute atomic E-state index is 10.6. The Bertz CT molecular complexity index is 1770. The van der Waals surface area contributed by atoms with Crippen LogP contribution in [0.4, 0.5) is 22.7 Å². The first-order valence-corrected chi connectivity index (χ1v) is 15.3. The van der Waals surface area contributed by atoms with Crippen molar-refractivity contribution in [1.82, 2.24) is 0 Å². The molecule has 0 saturated carbocycles. The first-order chi connectivity index (χ1) is 24.4. The minimum absolute atomic E-state index is 0. The van der Waals surface area contributed by atoms with E-state index in [-0.39, 0.29) is 51.5 Å². The molecule has 0 aliphatic heterocycles. The summed E-state index contributed by atoms with van der Waals surface area (Å²) in [5, 5.41) is 65.0. The Morgan fingerprint density at radius 3 is 1.37 bits per heavy atom. The van der Waals surface area contributed by atoms with Gasteiger partial charge in [-0.25, -0.2) is 0 Å². The fourth-order valence-corrected chi connectivity index (χ4v) is 3.64. The number of rotatable bonds is 9. The topological polar surface area (TPSA) is 280 Å². The largest absolute Gasteiger partial charge is 0.497 e. The van der Waals surface area contributed by atoms with Gasteiger partial charge in [-0.3, -0.25) is 39.9 Å². The van der Waals surface area contributed by atoms with Crippen LogP contribution < -0.4 is 10.5 Å². The van der Waals surface area contributed by atoms with Gasteiger partial charge in [-0.2, -0.15) is 0 Å². The van der Waals surface area contributed by atoms with E-state index in [1.165, 1.54) is 56.5 Å². The van der Waals surface area contributed by atoms with E-state index < -0.39 is 44.6 Å². The molecule has 0 aliphatic carbocycles. The van der Waals surface area contributed by atoms with E-state index in [1.807, 2.05) is 0 Å². The molecule has 0 fully saturated rings. The number of carboxylic acids is 2. The van der Waals surface area contributed by atoms with E-state index in [9.17, 15) is 39.9 Å². The fraction of sp³-hybridized carbons (Fsp3) is 0.250. The molecular formula is C36H45N4O13Pd-. The van der Waals surface area contributed by atoms with E-state index in [0.717, 1.165) is 5.56 Å². The maximum Gasteiger partial charge on any atom is 0.310 e. The summed E-state index contributed by atoms with van der Waals surface area (Å²) in [5.74, 6) is -2.55. The third-order valence-corrected chi connectivity index (χ3v) is 6.56. The smallest absolute Gasteiger partial charge is 0.310 e. The minimum Gasteiger partial charge on any atom is -0.497 e. The predicted molar refractivity (Wildman–Crippen MR) is 199 cm³/mol. The van der Waals surface area contributed by atoms with E-state index in [1.54, 1.807) is 75.4 Å². The van der Waals surface area contributed by atoms with Gasteiger partial charge >= 0.3 is 11.9 Å². The van der Waals surface area contributed by atoms with Crippen LogP contribution in [0.15, 0.2) is 97.1 Å². The third kappa shape index (κ3) is 20.3. The van der Waals surface area contributed by atoms with E-state index in [2.05, 4.69) is 0 Å². The zero-order valence-electron chi connectivity index (χ0n) is 30.4. The minimum atomic E-state index is -0.995. The molecule has 6 N–H and O–H groups in total. The van der Waals surface area contributed by atoms with Crippen LogP contribution in [0.5, 0.6) is 5.75 Å². The van der Waals surface area contributed by atoms with Crippen LogP contribution in [-0.2, 0) is 30.0 Å². The van der Waals surface area contributed by atoms with Crippen LogP contribution in [0.1, 0.15) is 62.3 Å². The van der Waals surface area contributed by atoms with Gasteiger partial charge in [0.1, 0.15) is 5.75 Å². The Morgan fingerprint density at radius 1 is 0.685 bits per heavy atom. The van der Waals surface area contributed by atoms with Gasteiger partial charge in [0, 0.05) is 63.0 Å². The van der Waals surface area contributed by atoms with E-state index >= 15 is 0 Å². The van der Waals surface area contributed by atoms with Crippen molar-refractivity contribution in [2.45, 2.75) is 45.6 Å². The molecule has 4 rings (SSSR count). The third-order valence-electron chi connectivity index (χ3n) is 6.56. The first kappa shape index (κ1) is 52.6. The number of hydrogen-bond donors (Lipinski definition) is 5. The van der Waals surface area contributed by atoms with Gasteiger partial charge in [0.15, 0.2) is 0 Å². The average molecular weight is 848 g/mol.